The Balaban J connectivity index is 1.63. The van der Waals surface area contributed by atoms with Crippen LogP contribution in [0.5, 0.6) is 0 Å². The van der Waals surface area contributed by atoms with Crippen molar-refractivity contribution in [1.29, 1.82) is 0 Å². The third kappa shape index (κ3) is 6.57. The van der Waals surface area contributed by atoms with Crippen LogP contribution in [0.1, 0.15) is 63.9 Å². The van der Waals surface area contributed by atoms with Crippen molar-refractivity contribution in [2.24, 2.45) is 11.7 Å². The number of thiophene rings is 1. The second-order valence-corrected chi connectivity index (χ2v) is 9.65. The number of urea groups is 1. The number of amides is 3. The third-order valence-corrected chi connectivity index (χ3v) is 6.47. The Hall–Kier alpha value is -3.40. The van der Waals surface area contributed by atoms with E-state index in [1.165, 1.54) is 23.5 Å². The van der Waals surface area contributed by atoms with Crippen LogP contribution < -0.4 is 16.4 Å². The van der Waals surface area contributed by atoms with Crippen molar-refractivity contribution >= 4 is 40.2 Å². The first kappa shape index (κ1) is 25.2. The van der Waals surface area contributed by atoms with E-state index < -0.39 is 30.5 Å². The van der Waals surface area contributed by atoms with E-state index >= 15 is 0 Å². The Bertz CT molecular complexity index is 1080. The number of rotatable bonds is 8. The number of fused-ring (bicyclic) bond motifs is 1. The zero-order chi connectivity index (χ0) is 24.8. The number of esters is 2. The molecule has 0 aliphatic heterocycles. The number of ether oxygens (including phenoxy) is 2. The Labute approximate surface area is 202 Å². The lowest BCUT2D eigenvalue weighted by molar-refractivity contribution is -0.119. The van der Waals surface area contributed by atoms with Crippen molar-refractivity contribution in [3.63, 3.8) is 0 Å². The van der Waals surface area contributed by atoms with Crippen LogP contribution in [0.15, 0.2) is 24.3 Å². The average Bonchev–Trinajstić information content (AvgIpc) is 3.12. The van der Waals surface area contributed by atoms with Gasteiger partial charge in [-0.05, 0) is 62.3 Å². The summed E-state index contributed by atoms with van der Waals surface area (Å²) in [7, 11) is 0. The molecule has 0 saturated carbocycles. The van der Waals surface area contributed by atoms with Gasteiger partial charge in [-0.3, -0.25) is 4.79 Å². The molecule has 0 radical (unpaired) electrons. The number of primary amides is 1. The largest absolute Gasteiger partial charge is 0.459 e. The van der Waals surface area contributed by atoms with Crippen molar-refractivity contribution in [2.75, 3.05) is 11.9 Å². The fourth-order valence-electron chi connectivity index (χ4n) is 3.65. The van der Waals surface area contributed by atoms with Gasteiger partial charge in [-0.15, -0.1) is 11.3 Å². The molecule has 1 aliphatic rings. The monoisotopic (exact) mass is 487 g/mol. The van der Waals surface area contributed by atoms with Crippen LogP contribution in [-0.2, 0) is 33.7 Å². The number of anilines is 1. The van der Waals surface area contributed by atoms with Crippen LogP contribution in [0, 0.1) is 5.92 Å². The van der Waals surface area contributed by atoms with E-state index in [0.717, 1.165) is 35.3 Å². The molecule has 1 atom stereocenters. The highest BCUT2D eigenvalue weighted by Crippen LogP contribution is 2.40. The predicted octanol–water partition coefficient (Wildman–Crippen LogP) is 3.40. The van der Waals surface area contributed by atoms with Gasteiger partial charge in [0.25, 0.3) is 5.91 Å². The van der Waals surface area contributed by atoms with Crippen LogP contribution in [0.4, 0.5) is 9.80 Å². The maximum Gasteiger partial charge on any atom is 0.341 e. The molecular formula is C24H29N3O6S. The number of nitrogens with one attached hydrogen (secondary N) is 2. The summed E-state index contributed by atoms with van der Waals surface area (Å²) in [6.07, 6.45) is 2.28. The first-order chi connectivity index (χ1) is 16.1. The molecule has 182 valence electrons. The SMILES string of the molecule is CC1CCc2c(sc(NC(=O)COC(=O)c3ccc(CNC(N)=O)cc3)c2C(=O)OC(C)C)C1. The lowest BCUT2D eigenvalue weighted by Gasteiger charge is -2.18. The minimum absolute atomic E-state index is 0.234. The Morgan fingerprint density at radius 3 is 2.50 bits per heavy atom. The highest BCUT2D eigenvalue weighted by molar-refractivity contribution is 7.17. The van der Waals surface area contributed by atoms with Gasteiger partial charge in [0.15, 0.2) is 6.61 Å². The molecule has 34 heavy (non-hydrogen) atoms. The van der Waals surface area contributed by atoms with Crippen LogP contribution in [0.3, 0.4) is 0 Å². The minimum Gasteiger partial charge on any atom is -0.459 e. The zero-order valence-corrected chi connectivity index (χ0v) is 20.3. The van der Waals surface area contributed by atoms with Crippen LogP contribution in [0.2, 0.25) is 0 Å². The summed E-state index contributed by atoms with van der Waals surface area (Å²) in [5.74, 6) is -1.16. The number of carbonyl (C=O) groups excluding carboxylic acids is 4. The fraction of sp³-hybridized carbons (Fsp3) is 0.417. The highest BCUT2D eigenvalue weighted by atomic mass is 32.1. The van der Waals surface area contributed by atoms with Crippen molar-refractivity contribution in [2.45, 2.75) is 52.7 Å². The fourth-order valence-corrected chi connectivity index (χ4v) is 5.07. The van der Waals surface area contributed by atoms with E-state index in [1.807, 2.05) is 0 Å². The van der Waals surface area contributed by atoms with E-state index in [-0.39, 0.29) is 18.2 Å². The van der Waals surface area contributed by atoms with Gasteiger partial charge in [0.1, 0.15) is 5.00 Å². The molecule has 1 heterocycles. The molecule has 1 aromatic carbocycles. The highest BCUT2D eigenvalue weighted by Gasteiger charge is 2.29. The molecule has 0 spiro atoms. The summed E-state index contributed by atoms with van der Waals surface area (Å²) < 4.78 is 10.5. The lowest BCUT2D eigenvalue weighted by atomic mass is 9.88. The van der Waals surface area contributed by atoms with Gasteiger partial charge in [-0.25, -0.2) is 14.4 Å². The molecule has 1 unspecified atom stereocenters. The van der Waals surface area contributed by atoms with Gasteiger partial charge < -0.3 is 25.8 Å². The first-order valence-electron chi connectivity index (χ1n) is 11.1. The molecule has 10 heteroatoms. The average molecular weight is 488 g/mol. The Morgan fingerprint density at radius 1 is 1.15 bits per heavy atom. The molecule has 2 aromatic rings. The first-order valence-corrected chi connectivity index (χ1v) is 11.9. The van der Waals surface area contributed by atoms with Crippen LogP contribution >= 0.6 is 11.3 Å². The summed E-state index contributed by atoms with van der Waals surface area (Å²) in [5.41, 5.74) is 7.39. The van der Waals surface area contributed by atoms with Gasteiger partial charge in [0.05, 0.1) is 17.2 Å². The minimum atomic E-state index is -0.664. The standard InChI is InChI=1S/C24H29N3O6S/c1-13(2)33-23(30)20-17-9-4-14(3)10-18(17)34-21(20)27-19(28)12-32-22(29)16-7-5-15(6-8-16)11-26-24(25)31/h5-8,13-14H,4,9-12H2,1-3H3,(H,27,28)(H3,25,26,31). The maximum atomic E-state index is 12.8. The number of hydrogen-bond acceptors (Lipinski definition) is 7. The topological polar surface area (TPSA) is 137 Å². The smallest absolute Gasteiger partial charge is 0.341 e. The van der Waals surface area contributed by atoms with Crippen molar-refractivity contribution in [3.05, 3.63) is 51.4 Å². The second-order valence-electron chi connectivity index (χ2n) is 8.55. The van der Waals surface area contributed by atoms with Crippen molar-refractivity contribution in [1.82, 2.24) is 5.32 Å². The summed E-state index contributed by atoms with van der Waals surface area (Å²) in [6.45, 7) is 5.45. The molecular weight excluding hydrogens is 458 g/mol. The summed E-state index contributed by atoms with van der Waals surface area (Å²) >= 11 is 1.38. The molecule has 3 rings (SSSR count). The number of nitrogens with two attached hydrogens (primary N) is 1. The molecule has 0 bridgehead atoms. The normalized spacial score (nSPS) is 14.8. The van der Waals surface area contributed by atoms with Gasteiger partial charge in [0, 0.05) is 11.4 Å². The van der Waals surface area contributed by atoms with Crippen LogP contribution in [0.25, 0.3) is 0 Å². The zero-order valence-electron chi connectivity index (χ0n) is 19.4. The molecule has 3 amide bonds. The summed E-state index contributed by atoms with van der Waals surface area (Å²) in [4.78, 5) is 49.5. The predicted molar refractivity (Wildman–Crippen MR) is 128 cm³/mol. The van der Waals surface area contributed by atoms with Crippen molar-refractivity contribution < 1.29 is 28.7 Å². The Kier molecular flexibility index (Phi) is 8.27. The molecule has 0 fully saturated rings. The number of benzene rings is 1. The maximum absolute atomic E-state index is 12.8. The van der Waals surface area contributed by atoms with Crippen molar-refractivity contribution in [3.8, 4) is 0 Å². The van der Waals surface area contributed by atoms with Gasteiger partial charge >= 0.3 is 18.0 Å². The summed E-state index contributed by atoms with van der Waals surface area (Å²) in [5, 5.41) is 5.61. The Morgan fingerprint density at radius 2 is 1.85 bits per heavy atom. The lowest BCUT2D eigenvalue weighted by Crippen LogP contribution is -2.28. The van der Waals surface area contributed by atoms with Gasteiger partial charge in [0.2, 0.25) is 0 Å². The van der Waals surface area contributed by atoms with E-state index in [2.05, 4.69) is 17.6 Å². The molecule has 4 N–H and O–H groups in total. The number of carbonyl (C=O) groups is 4. The molecule has 0 saturated heterocycles. The third-order valence-electron chi connectivity index (χ3n) is 5.30. The van der Waals surface area contributed by atoms with Gasteiger partial charge in [-0.2, -0.15) is 0 Å². The van der Waals surface area contributed by atoms with E-state index in [1.54, 1.807) is 26.0 Å². The molecule has 1 aromatic heterocycles. The molecule has 9 nitrogen and oxygen atoms in total. The second kappa shape index (κ2) is 11.1. The van der Waals surface area contributed by atoms with E-state index in [0.29, 0.717) is 16.5 Å². The molecule has 1 aliphatic carbocycles. The van der Waals surface area contributed by atoms with Gasteiger partial charge in [-0.1, -0.05) is 19.1 Å². The van der Waals surface area contributed by atoms with Crippen LogP contribution in [-0.4, -0.2) is 36.6 Å². The quantitative estimate of drug-likeness (QED) is 0.488. The summed E-state index contributed by atoms with van der Waals surface area (Å²) in [6, 6.07) is 5.72. The number of hydrogen-bond donors (Lipinski definition) is 3. The van der Waals surface area contributed by atoms with E-state index in [9.17, 15) is 19.2 Å². The van der Waals surface area contributed by atoms with E-state index in [4.69, 9.17) is 15.2 Å².